The van der Waals surface area contributed by atoms with Gasteiger partial charge in [0, 0.05) is 36.2 Å². The Morgan fingerprint density at radius 1 is 1.12 bits per heavy atom. The lowest BCUT2D eigenvalue weighted by Crippen LogP contribution is -2.59. The molecule has 1 aromatic heterocycles. The number of fused-ring (bicyclic) bond motifs is 1. The molecule has 2 fully saturated rings. The summed E-state index contributed by atoms with van der Waals surface area (Å²) in [6.07, 6.45) is 2.13. The largest absolute Gasteiger partial charge is 0.455 e. The van der Waals surface area contributed by atoms with Crippen LogP contribution in [0.2, 0.25) is 0 Å². The molecule has 32 heavy (non-hydrogen) atoms. The van der Waals surface area contributed by atoms with Gasteiger partial charge in [0.15, 0.2) is 5.76 Å². The van der Waals surface area contributed by atoms with Crippen molar-refractivity contribution in [2.24, 2.45) is 0 Å². The van der Waals surface area contributed by atoms with E-state index in [1.807, 2.05) is 42.2 Å². The molecule has 7 nitrogen and oxygen atoms in total. The van der Waals surface area contributed by atoms with Crippen molar-refractivity contribution < 1.29 is 18.7 Å². The number of nitrogens with zero attached hydrogens (tertiary/aromatic N) is 1. The van der Waals surface area contributed by atoms with Gasteiger partial charge in [-0.25, -0.2) is 0 Å². The predicted octanol–water partition coefficient (Wildman–Crippen LogP) is 3.83. The molecule has 3 aliphatic rings. The van der Waals surface area contributed by atoms with Crippen molar-refractivity contribution >= 4 is 17.5 Å². The van der Waals surface area contributed by atoms with E-state index in [4.69, 9.17) is 9.15 Å². The smallest absolute Gasteiger partial charge is 0.289 e. The zero-order valence-corrected chi connectivity index (χ0v) is 19.2. The number of rotatable bonds is 1. The summed E-state index contributed by atoms with van der Waals surface area (Å²) in [7, 11) is 0. The van der Waals surface area contributed by atoms with E-state index < -0.39 is 5.66 Å². The molecule has 2 aromatic rings. The van der Waals surface area contributed by atoms with E-state index in [0.717, 1.165) is 29.9 Å². The number of carbonyl (C=O) groups excluding carboxylic acids is 2. The summed E-state index contributed by atoms with van der Waals surface area (Å²) in [6.45, 7) is 9.77. The molecule has 2 N–H and O–H groups in total. The summed E-state index contributed by atoms with van der Waals surface area (Å²) in [5.74, 6) is 1.13. The predicted molar refractivity (Wildman–Crippen MR) is 121 cm³/mol. The van der Waals surface area contributed by atoms with Crippen molar-refractivity contribution in [1.82, 2.24) is 10.2 Å². The number of carbonyl (C=O) groups is 2. The molecule has 0 aliphatic carbocycles. The van der Waals surface area contributed by atoms with Crippen LogP contribution in [0, 0.1) is 6.92 Å². The van der Waals surface area contributed by atoms with Crippen LogP contribution in [0.15, 0.2) is 34.7 Å². The quantitative estimate of drug-likeness (QED) is 0.708. The minimum Gasteiger partial charge on any atom is -0.455 e. The molecule has 170 valence electrons. The zero-order chi connectivity index (χ0) is 22.7. The molecule has 0 bridgehead atoms. The van der Waals surface area contributed by atoms with Crippen molar-refractivity contribution in [3.63, 3.8) is 0 Å². The first-order valence-electron chi connectivity index (χ1n) is 11.3. The van der Waals surface area contributed by atoms with Gasteiger partial charge < -0.3 is 24.7 Å². The first kappa shape index (κ1) is 21.1. The number of ether oxygens (including phenoxy) is 1. The van der Waals surface area contributed by atoms with Gasteiger partial charge in [0.2, 0.25) is 0 Å². The lowest BCUT2D eigenvalue weighted by atomic mass is 9.84. The topological polar surface area (TPSA) is 83.8 Å². The fraction of sp³-hybridized carbons (Fsp3) is 0.520. The van der Waals surface area contributed by atoms with Gasteiger partial charge in [-0.15, -0.1) is 0 Å². The van der Waals surface area contributed by atoms with Crippen LogP contribution in [0.5, 0.6) is 0 Å². The Morgan fingerprint density at radius 2 is 1.84 bits per heavy atom. The average molecular weight is 438 g/mol. The second kappa shape index (κ2) is 7.10. The van der Waals surface area contributed by atoms with Crippen molar-refractivity contribution in [3.8, 4) is 0 Å². The Balaban J connectivity index is 1.27. The van der Waals surface area contributed by atoms with E-state index in [0.29, 0.717) is 37.4 Å². The van der Waals surface area contributed by atoms with Crippen LogP contribution in [0.1, 0.15) is 72.3 Å². The number of likely N-dealkylation sites (tertiary alicyclic amines) is 1. The highest BCUT2D eigenvalue weighted by molar-refractivity contribution is 6.02. The van der Waals surface area contributed by atoms with Crippen molar-refractivity contribution in [1.29, 1.82) is 0 Å². The van der Waals surface area contributed by atoms with E-state index in [2.05, 4.69) is 31.4 Å². The fourth-order valence-electron chi connectivity index (χ4n) is 5.10. The highest BCUT2D eigenvalue weighted by atomic mass is 16.5. The standard InChI is InChI=1S/C25H31N3O4/c1-16-13-19(23(2,3)4)32-20(16)22(30)28-11-9-24(10-12-28)14-25(15-31-24)26-18-8-6-5-7-17(18)21(29)27-25/h5-8,13,26H,9-12,14-15H2,1-4H3,(H,27,29). The maximum atomic E-state index is 13.2. The Bertz CT molecular complexity index is 1080. The van der Waals surface area contributed by atoms with Crippen LogP contribution in [0.3, 0.4) is 0 Å². The van der Waals surface area contributed by atoms with Gasteiger partial charge in [-0.05, 0) is 38.0 Å². The molecule has 7 heteroatoms. The molecule has 1 unspecified atom stereocenters. The number of furan rings is 1. The molecule has 0 saturated carbocycles. The van der Waals surface area contributed by atoms with E-state index in [9.17, 15) is 9.59 Å². The summed E-state index contributed by atoms with van der Waals surface area (Å²) in [5, 5.41) is 6.64. The van der Waals surface area contributed by atoms with Gasteiger partial charge >= 0.3 is 0 Å². The summed E-state index contributed by atoms with van der Waals surface area (Å²) >= 11 is 0. The minimum atomic E-state index is -0.600. The van der Waals surface area contributed by atoms with Gasteiger partial charge in [-0.1, -0.05) is 32.9 Å². The van der Waals surface area contributed by atoms with E-state index >= 15 is 0 Å². The SMILES string of the molecule is Cc1cc(C(C)(C)C)oc1C(=O)N1CCC2(CC1)CC1(CO2)NC(=O)c2ccccc2N1. The Morgan fingerprint density at radius 3 is 2.53 bits per heavy atom. The fourth-order valence-corrected chi connectivity index (χ4v) is 5.10. The molecule has 0 radical (unpaired) electrons. The lowest BCUT2D eigenvalue weighted by molar-refractivity contribution is -0.0397. The third kappa shape index (κ3) is 3.48. The van der Waals surface area contributed by atoms with Gasteiger partial charge in [0.1, 0.15) is 11.4 Å². The summed E-state index contributed by atoms with van der Waals surface area (Å²) in [6, 6.07) is 9.51. The summed E-state index contributed by atoms with van der Waals surface area (Å²) in [4.78, 5) is 27.7. The number of nitrogens with one attached hydrogen (secondary N) is 2. The monoisotopic (exact) mass is 437 g/mol. The van der Waals surface area contributed by atoms with Crippen LogP contribution >= 0.6 is 0 Å². The number of hydrogen-bond donors (Lipinski definition) is 2. The van der Waals surface area contributed by atoms with E-state index in [1.165, 1.54) is 0 Å². The molecule has 1 atom stereocenters. The third-order valence-electron chi connectivity index (χ3n) is 6.96. The number of benzene rings is 1. The first-order chi connectivity index (χ1) is 15.1. The van der Waals surface area contributed by atoms with Crippen molar-refractivity contribution in [3.05, 3.63) is 53.0 Å². The van der Waals surface area contributed by atoms with E-state index in [1.54, 1.807) is 0 Å². The maximum Gasteiger partial charge on any atom is 0.289 e. The number of anilines is 1. The van der Waals surface area contributed by atoms with Crippen LogP contribution in [-0.2, 0) is 10.2 Å². The van der Waals surface area contributed by atoms with Gasteiger partial charge in [-0.3, -0.25) is 9.59 Å². The van der Waals surface area contributed by atoms with Gasteiger partial charge in [0.25, 0.3) is 11.8 Å². The highest BCUT2D eigenvalue weighted by Crippen LogP contribution is 2.43. The van der Waals surface area contributed by atoms with Crippen LogP contribution in [0.25, 0.3) is 0 Å². The molecule has 3 aliphatic heterocycles. The van der Waals surface area contributed by atoms with Crippen LogP contribution < -0.4 is 10.6 Å². The lowest BCUT2D eigenvalue weighted by Gasteiger charge is -2.40. The molecule has 1 aromatic carbocycles. The van der Waals surface area contributed by atoms with Crippen LogP contribution in [0.4, 0.5) is 5.69 Å². The Hall–Kier alpha value is -2.80. The van der Waals surface area contributed by atoms with Crippen molar-refractivity contribution in [2.45, 2.75) is 63.6 Å². The average Bonchev–Trinajstić information content (AvgIpc) is 3.29. The van der Waals surface area contributed by atoms with E-state index in [-0.39, 0.29) is 22.8 Å². The third-order valence-corrected chi connectivity index (χ3v) is 6.96. The molecular weight excluding hydrogens is 406 g/mol. The molecule has 2 spiro atoms. The highest BCUT2D eigenvalue weighted by Gasteiger charge is 2.53. The second-order valence-electron chi connectivity index (χ2n) is 10.5. The number of piperidine rings is 1. The summed E-state index contributed by atoms with van der Waals surface area (Å²) in [5.41, 5.74) is 1.28. The maximum absolute atomic E-state index is 13.2. The summed E-state index contributed by atoms with van der Waals surface area (Å²) < 4.78 is 12.3. The first-order valence-corrected chi connectivity index (χ1v) is 11.3. The number of para-hydroxylation sites is 1. The zero-order valence-electron chi connectivity index (χ0n) is 19.2. The molecular formula is C25H31N3O4. The number of aryl methyl sites for hydroxylation is 1. The normalized spacial score (nSPS) is 24.4. The number of hydrogen-bond acceptors (Lipinski definition) is 5. The second-order valence-corrected chi connectivity index (χ2v) is 10.5. The van der Waals surface area contributed by atoms with Gasteiger partial charge in [-0.2, -0.15) is 0 Å². The van der Waals surface area contributed by atoms with Crippen molar-refractivity contribution in [2.75, 3.05) is 25.0 Å². The Labute approximate surface area is 188 Å². The van der Waals surface area contributed by atoms with Gasteiger partial charge in [0.05, 0.1) is 17.8 Å². The minimum absolute atomic E-state index is 0.0569. The molecule has 2 saturated heterocycles. The molecule has 5 rings (SSSR count). The molecule has 4 heterocycles. The molecule has 2 amide bonds. The number of amides is 2. The Kier molecular flexibility index (Phi) is 4.68. The van der Waals surface area contributed by atoms with Crippen LogP contribution in [-0.4, -0.2) is 47.7 Å².